The van der Waals surface area contributed by atoms with Crippen molar-refractivity contribution in [1.29, 1.82) is 0 Å². The highest BCUT2D eigenvalue weighted by Crippen LogP contribution is 2.39. The third kappa shape index (κ3) is 3.40. The van der Waals surface area contributed by atoms with Gasteiger partial charge < -0.3 is 4.90 Å². The third-order valence-corrected chi connectivity index (χ3v) is 5.08. The molecular weight excluding hydrogens is 338 g/mol. The van der Waals surface area contributed by atoms with Crippen molar-refractivity contribution in [3.8, 4) is 11.1 Å². The van der Waals surface area contributed by atoms with Crippen molar-refractivity contribution in [3.05, 3.63) is 40.5 Å². The van der Waals surface area contributed by atoms with Crippen LogP contribution in [0, 0.1) is 6.92 Å². The SMILES string of the molecule is CCCN(CCC)c1nc(Cl)nc2scc(-c3ccc(C)cc3)c12. The molecule has 0 amide bonds. The van der Waals surface area contributed by atoms with Crippen LogP contribution in [-0.2, 0) is 0 Å². The zero-order valence-electron chi connectivity index (χ0n) is 14.3. The van der Waals surface area contributed by atoms with Crippen molar-refractivity contribution in [2.75, 3.05) is 18.0 Å². The molecule has 24 heavy (non-hydrogen) atoms. The Bertz CT molecular complexity index is 820. The molecular formula is C19H22ClN3S. The Morgan fingerprint density at radius 3 is 2.33 bits per heavy atom. The highest BCUT2D eigenvalue weighted by Gasteiger charge is 2.18. The van der Waals surface area contributed by atoms with Gasteiger partial charge in [0.15, 0.2) is 0 Å². The molecule has 3 nitrogen and oxygen atoms in total. The Hall–Kier alpha value is -1.65. The summed E-state index contributed by atoms with van der Waals surface area (Å²) in [5.74, 6) is 0.963. The molecule has 0 saturated carbocycles. The standard InChI is InChI=1S/C19H22ClN3S/c1-4-10-23(11-5-2)17-16-15(14-8-6-13(3)7-9-14)12-24-18(16)22-19(20)21-17/h6-9,12H,4-5,10-11H2,1-3H3. The van der Waals surface area contributed by atoms with E-state index in [1.807, 2.05) is 0 Å². The van der Waals surface area contributed by atoms with E-state index in [0.29, 0.717) is 5.28 Å². The second-order valence-electron chi connectivity index (χ2n) is 6.00. The molecule has 2 heterocycles. The van der Waals surface area contributed by atoms with E-state index >= 15 is 0 Å². The molecule has 0 fully saturated rings. The van der Waals surface area contributed by atoms with Gasteiger partial charge in [-0.05, 0) is 36.9 Å². The largest absolute Gasteiger partial charge is 0.356 e. The summed E-state index contributed by atoms with van der Waals surface area (Å²) >= 11 is 7.83. The fourth-order valence-electron chi connectivity index (χ4n) is 2.94. The number of hydrogen-bond donors (Lipinski definition) is 0. The Labute approximate surface area is 152 Å². The molecule has 1 aromatic carbocycles. The number of benzene rings is 1. The normalized spacial score (nSPS) is 11.2. The summed E-state index contributed by atoms with van der Waals surface area (Å²) in [4.78, 5) is 12.3. The van der Waals surface area contributed by atoms with Crippen LogP contribution in [0.15, 0.2) is 29.6 Å². The zero-order chi connectivity index (χ0) is 17.1. The minimum atomic E-state index is 0.326. The van der Waals surface area contributed by atoms with Crippen molar-refractivity contribution in [2.24, 2.45) is 0 Å². The first kappa shape index (κ1) is 17.2. The van der Waals surface area contributed by atoms with Crippen molar-refractivity contribution in [1.82, 2.24) is 9.97 Å². The van der Waals surface area contributed by atoms with E-state index in [9.17, 15) is 0 Å². The maximum atomic E-state index is 6.20. The van der Waals surface area contributed by atoms with E-state index in [1.54, 1.807) is 11.3 Å². The van der Waals surface area contributed by atoms with Crippen molar-refractivity contribution in [3.63, 3.8) is 0 Å². The van der Waals surface area contributed by atoms with Crippen LogP contribution in [0.25, 0.3) is 21.3 Å². The van der Waals surface area contributed by atoms with Crippen LogP contribution >= 0.6 is 22.9 Å². The molecule has 3 rings (SSSR count). The van der Waals surface area contributed by atoms with Crippen LogP contribution in [0.2, 0.25) is 5.28 Å². The summed E-state index contributed by atoms with van der Waals surface area (Å²) in [6.45, 7) is 8.43. The number of rotatable bonds is 6. The maximum Gasteiger partial charge on any atom is 0.225 e. The number of fused-ring (bicyclic) bond motifs is 1. The molecule has 5 heteroatoms. The lowest BCUT2D eigenvalue weighted by Gasteiger charge is -2.23. The van der Waals surface area contributed by atoms with E-state index in [-0.39, 0.29) is 0 Å². The molecule has 0 spiro atoms. The van der Waals surface area contributed by atoms with Gasteiger partial charge in [-0.2, -0.15) is 4.98 Å². The highest BCUT2D eigenvalue weighted by atomic mass is 35.5. The van der Waals surface area contributed by atoms with Crippen LogP contribution in [0.1, 0.15) is 32.3 Å². The molecule has 0 aliphatic carbocycles. The summed E-state index contributed by atoms with van der Waals surface area (Å²) < 4.78 is 0. The first-order valence-corrected chi connectivity index (χ1v) is 9.66. The second-order valence-corrected chi connectivity index (χ2v) is 7.20. The average molecular weight is 360 g/mol. The lowest BCUT2D eigenvalue weighted by molar-refractivity contribution is 0.736. The van der Waals surface area contributed by atoms with Crippen LogP contribution in [0.3, 0.4) is 0 Å². The molecule has 0 aliphatic heterocycles. The summed E-state index contributed by atoms with van der Waals surface area (Å²) in [5, 5.41) is 3.61. The molecule has 0 N–H and O–H groups in total. The van der Waals surface area contributed by atoms with Gasteiger partial charge in [-0.25, -0.2) is 4.98 Å². The fourth-order valence-corrected chi connectivity index (χ4v) is 4.09. The number of nitrogens with zero attached hydrogens (tertiary/aromatic N) is 3. The molecule has 0 aliphatic rings. The lowest BCUT2D eigenvalue weighted by atomic mass is 10.0. The van der Waals surface area contributed by atoms with Gasteiger partial charge in [-0.15, -0.1) is 11.3 Å². The van der Waals surface area contributed by atoms with Gasteiger partial charge in [0.1, 0.15) is 10.6 Å². The monoisotopic (exact) mass is 359 g/mol. The lowest BCUT2D eigenvalue weighted by Crippen LogP contribution is -2.26. The molecule has 0 saturated heterocycles. The van der Waals surface area contributed by atoms with Gasteiger partial charge in [0.05, 0.1) is 5.39 Å². The zero-order valence-corrected chi connectivity index (χ0v) is 15.9. The second kappa shape index (κ2) is 7.49. The minimum Gasteiger partial charge on any atom is -0.356 e. The summed E-state index contributed by atoms with van der Waals surface area (Å²) in [6, 6.07) is 8.62. The van der Waals surface area contributed by atoms with E-state index < -0.39 is 0 Å². The van der Waals surface area contributed by atoms with Crippen LogP contribution in [0.4, 0.5) is 5.82 Å². The number of aryl methyl sites for hydroxylation is 1. The minimum absolute atomic E-state index is 0.326. The molecule has 0 radical (unpaired) electrons. The number of hydrogen-bond acceptors (Lipinski definition) is 4. The Morgan fingerprint density at radius 2 is 1.71 bits per heavy atom. The van der Waals surface area contributed by atoms with Gasteiger partial charge >= 0.3 is 0 Å². The fraction of sp³-hybridized carbons (Fsp3) is 0.368. The van der Waals surface area contributed by atoms with Crippen molar-refractivity contribution < 1.29 is 0 Å². The number of anilines is 1. The quantitative estimate of drug-likeness (QED) is 0.509. The number of aromatic nitrogens is 2. The number of thiophene rings is 1. The van der Waals surface area contributed by atoms with E-state index in [4.69, 9.17) is 11.6 Å². The average Bonchev–Trinajstić information content (AvgIpc) is 2.98. The highest BCUT2D eigenvalue weighted by molar-refractivity contribution is 7.17. The van der Waals surface area contributed by atoms with E-state index in [2.05, 4.69) is 65.3 Å². The van der Waals surface area contributed by atoms with Crippen LogP contribution in [0.5, 0.6) is 0 Å². The van der Waals surface area contributed by atoms with Gasteiger partial charge in [0, 0.05) is 24.0 Å². The molecule has 0 unspecified atom stereocenters. The van der Waals surface area contributed by atoms with E-state index in [1.165, 1.54) is 16.7 Å². The Morgan fingerprint density at radius 1 is 1.04 bits per heavy atom. The van der Waals surface area contributed by atoms with Crippen LogP contribution < -0.4 is 4.90 Å². The molecule has 0 bridgehead atoms. The summed E-state index contributed by atoms with van der Waals surface area (Å²) in [7, 11) is 0. The smallest absolute Gasteiger partial charge is 0.225 e. The first-order chi connectivity index (χ1) is 11.6. The van der Waals surface area contributed by atoms with Gasteiger partial charge in [-0.1, -0.05) is 43.7 Å². The predicted molar refractivity (Wildman–Crippen MR) is 105 cm³/mol. The van der Waals surface area contributed by atoms with Crippen molar-refractivity contribution >= 4 is 39.0 Å². The Kier molecular flexibility index (Phi) is 5.36. The number of halogens is 1. The maximum absolute atomic E-state index is 6.20. The Balaban J connectivity index is 2.20. The molecule has 3 aromatic rings. The molecule has 0 atom stereocenters. The van der Waals surface area contributed by atoms with Gasteiger partial charge in [0.2, 0.25) is 5.28 Å². The van der Waals surface area contributed by atoms with Crippen LogP contribution in [-0.4, -0.2) is 23.1 Å². The van der Waals surface area contributed by atoms with Crippen molar-refractivity contribution in [2.45, 2.75) is 33.6 Å². The summed E-state index contributed by atoms with van der Waals surface area (Å²) in [6.07, 6.45) is 2.15. The van der Waals surface area contributed by atoms with Gasteiger partial charge in [-0.3, -0.25) is 0 Å². The van der Waals surface area contributed by atoms with E-state index in [0.717, 1.165) is 42.0 Å². The first-order valence-electron chi connectivity index (χ1n) is 8.40. The predicted octanol–water partition coefficient (Wildman–Crippen LogP) is 5.95. The summed E-state index contributed by atoms with van der Waals surface area (Å²) in [5.41, 5.74) is 3.65. The topological polar surface area (TPSA) is 29.0 Å². The molecule has 126 valence electrons. The third-order valence-electron chi connectivity index (χ3n) is 4.04. The van der Waals surface area contributed by atoms with Gasteiger partial charge in [0.25, 0.3) is 0 Å². The molecule has 2 aromatic heterocycles.